The van der Waals surface area contributed by atoms with E-state index in [4.69, 9.17) is 18.9 Å². The van der Waals surface area contributed by atoms with Gasteiger partial charge in [0.1, 0.15) is 12.5 Å². The Morgan fingerprint density at radius 2 is 2.00 bits per heavy atom. The molecule has 0 aliphatic heterocycles. The van der Waals surface area contributed by atoms with E-state index in [2.05, 4.69) is 15.9 Å². The van der Waals surface area contributed by atoms with E-state index in [0.717, 1.165) is 20.9 Å². The number of carbonyl (C=O) groups is 1. The molecule has 0 N–H and O–H groups in total. The highest BCUT2D eigenvalue weighted by molar-refractivity contribution is 9.10. The number of hydrogen-bond acceptors (Lipinski definition) is 5. The molecule has 6 nitrogen and oxygen atoms in total. The summed E-state index contributed by atoms with van der Waals surface area (Å²) in [5, 5.41) is 0.944. The first-order valence-electron chi connectivity index (χ1n) is 7.66. The molecule has 1 aromatic carbocycles. The Labute approximate surface area is 149 Å². The van der Waals surface area contributed by atoms with Crippen molar-refractivity contribution in [3.05, 3.63) is 33.9 Å². The molecule has 0 saturated heterocycles. The highest BCUT2D eigenvalue weighted by Gasteiger charge is 2.19. The van der Waals surface area contributed by atoms with Crippen LogP contribution in [-0.2, 0) is 32.1 Å². The van der Waals surface area contributed by atoms with Crippen molar-refractivity contribution in [2.45, 2.75) is 20.1 Å². The van der Waals surface area contributed by atoms with Crippen molar-refractivity contribution in [3.63, 3.8) is 0 Å². The second kappa shape index (κ2) is 9.17. The molecule has 0 spiro atoms. The average Bonchev–Trinajstić information content (AvgIpc) is 2.92. The van der Waals surface area contributed by atoms with Gasteiger partial charge in [0.05, 0.1) is 25.3 Å². The van der Waals surface area contributed by atoms with Gasteiger partial charge in [0.2, 0.25) is 0 Å². The maximum atomic E-state index is 12.3. The number of benzene rings is 1. The Balaban J connectivity index is 2.44. The predicted molar refractivity (Wildman–Crippen MR) is 94.1 cm³/mol. The topological polar surface area (TPSA) is 58.9 Å². The van der Waals surface area contributed by atoms with Gasteiger partial charge < -0.3 is 23.5 Å². The first-order chi connectivity index (χ1) is 11.6. The van der Waals surface area contributed by atoms with Gasteiger partial charge in [0, 0.05) is 30.6 Å². The van der Waals surface area contributed by atoms with Crippen molar-refractivity contribution in [1.82, 2.24) is 4.57 Å². The fraction of sp³-hybridized carbons (Fsp3) is 0.471. The summed E-state index contributed by atoms with van der Waals surface area (Å²) >= 11 is 3.60. The normalized spacial score (nSPS) is 11.2. The Kier molecular flexibility index (Phi) is 7.23. The van der Waals surface area contributed by atoms with Crippen LogP contribution in [0.5, 0.6) is 0 Å². The lowest BCUT2D eigenvalue weighted by Gasteiger charge is -2.11. The van der Waals surface area contributed by atoms with Gasteiger partial charge in [0.25, 0.3) is 0 Å². The summed E-state index contributed by atoms with van der Waals surface area (Å²) in [6.07, 6.45) is 0. The summed E-state index contributed by atoms with van der Waals surface area (Å²) in [7, 11) is 3.22. The Bertz CT molecular complexity index is 698. The number of methoxy groups -OCH3 is 2. The van der Waals surface area contributed by atoms with E-state index >= 15 is 0 Å². The summed E-state index contributed by atoms with van der Waals surface area (Å²) in [6.45, 7) is 3.86. The fourth-order valence-electron chi connectivity index (χ4n) is 2.53. The largest absolute Gasteiger partial charge is 0.461 e. The van der Waals surface area contributed by atoms with Gasteiger partial charge in [-0.1, -0.05) is 0 Å². The van der Waals surface area contributed by atoms with Crippen molar-refractivity contribution in [2.24, 2.45) is 0 Å². The molecule has 2 rings (SSSR count). The SMILES string of the molecule is CCOC(=O)c1cc2cc(COCOC)cc(Br)c2n1CCOC. The number of ether oxygens (including phenoxy) is 4. The van der Waals surface area contributed by atoms with Gasteiger partial charge in [-0.05, 0) is 46.6 Å². The fourth-order valence-corrected chi connectivity index (χ4v) is 3.27. The van der Waals surface area contributed by atoms with Crippen LogP contribution in [0, 0.1) is 0 Å². The summed E-state index contributed by atoms with van der Waals surface area (Å²) in [6, 6.07) is 5.82. The molecule has 132 valence electrons. The molecule has 0 unspecified atom stereocenters. The lowest BCUT2D eigenvalue weighted by Crippen LogP contribution is -2.14. The number of rotatable bonds is 9. The van der Waals surface area contributed by atoms with Gasteiger partial charge >= 0.3 is 5.97 Å². The number of fused-ring (bicyclic) bond motifs is 1. The van der Waals surface area contributed by atoms with Crippen molar-refractivity contribution in [2.75, 3.05) is 34.2 Å². The highest BCUT2D eigenvalue weighted by Crippen LogP contribution is 2.30. The number of aromatic nitrogens is 1. The molecule has 7 heteroatoms. The first kappa shape index (κ1) is 18.9. The standard InChI is InChI=1S/C17H22BrNO5/c1-4-24-17(20)15-9-13-7-12(10-23-11-22-3)8-14(18)16(13)19(15)5-6-21-2/h7-9H,4-6,10-11H2,1-3H3. The molecule has 0 fully saturated rings. The van der Waals surface area contributed by atoms with Crippen LogP contribution < -0.4 is 0 Å². The molecule has 2 aromatic rings. The van der Waals surface area contributed by atoms with E-state index in [1.165, 1.54) is 0 Å². The molecule has 0 saturated carbocycles. The van der Waals surface area contributed by atoms with E-state index in [0.29, 0.717) is 32.1 Å². The van der Waals surface area contributed by atoms with Crippen LogP contribution in [0.15, 0.2) is 22.7 Å². The molecule has 0 atom stereocenters. The molecular formula is C17H22BrNO5. The number of halogens is 1. The average molecular weight is 400 g/mol. The van der Waals surface area contributed by atoms with Crippen molar-refractivity contribution < 1.29 is 23.7 Å². The third-order valence-electron chi connectivity index (χ3n) is 3.48. The smallest absolute Gasteiger partial charge is 0.354 e. The predicted octanol–water partition coefficient (Wildman–Crippen LogP) is 3.35. The monoisotopic (exact) mass is 399 g/mol. The summed E-state index contributed by atoms with van der Waals surface area (Å²) < 4.78 is 23.4. The van der Waals surface area contributed by atoms with Crippen LogP contribution in [0.2, 0.25) is 0 Å². The maximum Gasteiger partial charge on any atom is 0.354 e. The van der Waals surface area contributed by atoms with Crippen molar-refractivity contribution >= 4 is 32.8 Å². The molecule has 24 heavy (non-hydrogen) atoms. The van der Waals surface area contributed by atoms with E-state index < -0.39 is 0 Å². The Hall–Kier alpha value is -1.41. The third kappa shape index (κ3) is 4.36. The molecule has 0 radical (unpaired) electrons. The van der Waals surface area contributed by atoms with Crippen molar-refractivity contribution in [3.8, 4) is 0 Å². The Morgan fingerprint density at radius 3 is 2.67 bits per heavy atom. The van der Waals surface area contributed by atoms with Gasteiger partial charge in [-0.2, -0.15) is 0 Å². The third-order valence-corrected chi connectivity index (χ3v) is 4.08. The van der Waals surface area contributed by atoms with Gasteiger partial charge in [-0.25, -0.2) is 4.79 Å². The maximum absolute atomic E-state index is 12.3. The second-order valence-corrected chi connectivity index (χ2v) is 6.02. The zero-order valence-electron chi connectivity index (χ0n) is 14.1. The number of esters is 1. The molecule has 1 aromatic heterocycles. The van der Waals surface area contributed by atoms with E-state index in [1.807, 2.05) is 22.8 Å². The second-order valence-electron chi connectivity index (χ2n) is 5.16. The molecule has 1 heterocycles. The lowest BCUT2D eigenvalue weighted by atomic mass is 10.1. The minimum Gasteiger partial charge on any atom is -0.461 e. The molecular weight excluding hydrogens is 378 g/mol. The molecule has 0 amide bonds. The van der Waals surface area contributed by atoms with E-state index in [-0.39, 0.29) is 12.8 Å². The van der Waals surface area contributed by atoms with Crippen LogP contribution in [0.25, 0.3) is 10.9 Å². The number of nitrogens with zero attached hydrogens (tertiary/aromatic N) is 1. The van der Waals surface area contributed by atoms with Crippen LogP contribution in [0.3, 0.4) is 0 Å². The van der Waals surface area contributed by atoms with Crippen molar-refractivity contribution in [1.29, 1.82) is 0 Å². The molecule has 0 bridgehead atoms. The number of carbonyl (C=O) groups excluding carboxylic acids is 1. The van der Waals surface area contributed by atoms with Crippen LogP contribution in [0.1, 0.15) is 23.0 Å². The number of hydrogen-bond donors (Lipinski definition) is 0. The zero-order valence-corrected chi connectivity index (χ0v) is 15.7. The molecule has 0 aliphatic carbocycles. The van der Waals surface area contributed by atoms with Gasteiger partial charge in [-0.3, -0.25) is 0 Å². The van der Waals surface area contributed by atoms with Crippen LogP contribution in [0.4, 0.5) is 0 Å². The quantitative estimate of drug-likeness (QED) is 0.367. The van der Waals surface area contributed by atoms with Gasteiger partial charge in [0.15, 0.2) is 0 Å². The van der Waals surface area contributed by atoms with E-state index in [9.17, 15) is 4.79 Å². The van der Waals surface area contributed by atoms with Crippen LogP contribution >= 0.6 is 15.9 Å². The minimum atomic E-state index is -0.339. The van der Waals surface area contributed by atoms with Gasteiger partial charge in [-0.15, -0.1) is 0 Å². The summed E-state index contributed by atoms with van der Waals surface area (Å²) in [5.74, 6) is -0.339. The summed E-state index contributed by atoms with van der Waals surface area (Å²) in [5.41, 5.74) is 2.44. The summed E-state index contributed by atoms with van der Waals surface area (Å²) in [4.78, 5) is 12.3. The highest BCUT2D eigenvalue weighted by atomic mass is 79.9. The van der Waals surface area contributed by atoms with Crippen LogP contribution in [-0.4, -0.2) is 44.8 Å². The zero-order chi connectivity index (χ0) is 17.5. The van der Waals surface area contributed by atoms with E-state index in [1.54, 1.807) is 21.1 Å². The first-order valence-corrected chi connectivity index (χ1v) is 8.46. The lowest BCUT2D eigenvalue weighted by molar-refractivity contribution is -0.0390. The minimum absolute atomic E-state index is 0.235. The Morgan fingerprint density at radius 1 is 1.21 bits per heavy atom. The molecule has 0 aliphatic rings.